The van der Waals surface area contributed by atoms with Gasteiger partial charge in [0.1, 0.15) is 11.5 Å². The van der Waals surface area contributed by atoms with Gasteiger partial charge in [0.15, 0.2) is 4.75 Å². The molecule has 10 heteroatoms. The molecule has 0 saturated heterocycles. The Bertz CT molecular complexity index is 1210. The van der Waals surface area contributed by atoms with E-state index in [1.165, 1.54) is 36.4 Å². The lowest BCUT2D eigenvalue weighted by Gasteiger charge is -2.34. The molecule has 0 spiro atoms. The first-order chi connectivity index (χ1) is 13.5. The molecule has 1 unspecified atom stereocenters. The van der Waals surface area contributed by atoms with Gasteiger partial charge in [0.2, 0.25) is 0 Å². The van der Waals surface area contributed by atoms with Crippen molar-refractivity contribution in [3.8, 4) is 11.5 Å². The molecule has 0 amide bonds. The zero-order valence-corrected chi connectivity index (χ0v) is 18.1. The summed E-state index contributed by atoms with van der Waals surface area (Å²) in [4.78, 5) is 0. The predicted molar refractivity (Wildman–Crippen MR) is 114 cm³/mol. The Hall–Kier alpha value is -1.67. The molecule has 5 nitrogen and oxygen atoms in total. The molecule has 3 N–H and O–H groups in total. The van der Waals surface area contributed by atoms with Crippen LogP contribution in [0, 0.1) is 0 Å². The zero-order chi connectivity index (χ0) is 21.6. The van der Waals surface area contributed by atoms with Crippen molar-refractivity contribution in [3.05, 3.63) is 91.4 Å². The Morgan fingerprint density at radius 2 is 1.41 bits per heavy atom. The van der Waals surface area contributed by atoms with Gasteiger partial charge in [0, 0.05) is 27.2 Å². The van der Waals surface area contributed by atoms with E-state index < -0.39 is 14.9 Å². The average molecular weight is 494 g/mol. The van der Waals surface area contributed by atoms with E-state index in [1.807, 2.05) is 0 Å². The number of aromatic hydroxyl groups is 2. The Balaban J connectivity index is 2.63. The average Bonchev–Trinajstić information content (AvgIpc) is 2.60. The SMILES string of the molecule is O=S(=O)(O)C(c1cccc(Cl)c1)(c1ccc(O)cc1Cl)c1cc(O)cc(Cl)c1Cl. The molecule has 0 fully saturated rings. The Morgan fingerprint density at radius 1 is 0.759 bits per heavy atom. The van der Waals surface area contributed by atoms with Crippen LogP contribution in [0.15, 0.2) is 54.6 Å². The Morgan fingerprint density at radius 3 is 2.00 bits per heavy atom. The van der Waals surface area contributed by atoms with Gasteiger partial charge in [-0.15, -0.1) is 0 Å². The van der Waals surface area contributed by atoms with E-state index in [0.717, 1.165) is 18.2 Å². The molecule has 0 saturated carbocycles. The van der Waals surface area contributed by atoms with Crippen molar-refractivity contribution in [2.75, 3.05) is 0 Å². The van der Waals surface area contributed by atoms with Crippen molar-refractivity contribution < 1.29 is 23.2 Å². The van der Waals surface area contributed by atoms with E-state index in [1.54, 1.807) is 0 Å². The fraction of sp³-hybridized carbons (Fsp3) is 0.0526. The first kappa shape index (κ1) is 22.0. The summed E-state index contributed by atoms with van der Waals surface area (Å²) in [7, 11) is -5.07. The van der Waals surface area contributed by atoms with E-state index >= 15 is 0 Å². The lowest BCUT2D eigenvalue weighted by molar-refractivity contribution is 0.455. The van der Waals surface area contributed by atoms with Crippen LogP contribution in [0.1, 0.15) is 16.7 Å². The summed E-state index contributed by atoms with van der Waals surface area (Å²) in [6.45, 7) is 0. The zero-order valence-electron chi connectivity index (χ0n) is 14.3. The van der Waals surface area contributed by atoms with Crippen molar-refractivity contribution in [1.29, 1.82) is 0 Å². The highest BCUT2D eigenvalue weighted by Crippen LogP contribution is 2.51. The van der Waals surface area contributed by atoms with E-state index in [9.17, 15) is 23.2 Å². The quantitative estimate of drug-likeness (QED) is 0.311. The molecule has 0 aliphatic carbocycles. The van der Waals surface area contributed by atoms with Gasteiger partial charge >= 0.3 is 0 Å². The standard InChI is InChI=1S/C19H12Cl4O5S/c20-11-3-1-2-10(6-11)19(29(26,27)28,14-5-4-12(24)8-16(14)21)15-7-13(25)9-17(22)18(15)23/h1-9,24-25H,(H,26,27,28). The van der Waals surface area contributed by atoms with Crippen LogP contribution in [0.5, 0.6) is 11.5 Å². The number of hydrogen-bond donors (Lipinski definition) is 3. The van der Waals surface area contributed by atoms with Gasteiger partial charge < -0.3 is 10.2 Å². The van der Waals surface area contributed by atoms with Crippen LogP contribution < -0.4 is 0 Å². The molecule has 3 aromatic carbocycles. The highest BCUT2D eigenvalue weighted by molar-refractivity contribution is 7.87. The van der Waals surface area contributed by atoms with E-state index in [-0.39, 0.29) is 48.3 Å². The van der Waals surface area contributed by atoms with Crippen LogP contribution in [-0.2, 0) is 14.9 Å². The van der Waals surface area contributed by atoms with Gasteiger partial charge in [0.05, 0.1) is 10.0 Å². The number of halogens is 4. The fourth-order valence-corrected chi connectivity index (χ4v) is 5.61. The van der Waals surface area contributed by atoms with E-state index in [0.29, 0.717) is 0 Å². The summed E-state index contributed by atoms with van der Waals surface area (Å²) in [6.07, 6.45) is 0. The number of phenols is 2. The molecule has 0 bridgehead atoms. The van der Waals surface area contributed by atoms with Gasteiger partial charge in [-0.05, 0) is 35.9 Å². The Labute approximate surface area is 186 Å². The molecule has 0 aliphatic heterocycles. The molecular formula is C19H12Cl4O5S. The van der Waals surface area contributed by atoms with Crippen molar-refractivity contribution in [1.82, 2.24) is 0 Å². The van der Waals surface area contributed by atoms with Crippen LogP contribution in [0.25, 0.3) is 0 Å². The smallest absolute Gasteiger partial charge is 0.283 e. The van der Waals surface area contributed by atoms with Crippen LogP contribution in [0.3, 0.4) is 0 Å². The molecule has 0 radical (unpaired) electrons. The first-order valence-electron chi connectivity index (χ1n) is 7.89. The maximum Gasteiger partial charge on any atom is 0.283 e. The largest absolute Gasteiger partial charge is 0.508 e. The highest BCUT2D eigenvalue weighted by atomic mass is 35.5. The number of benzene rings is 3. The second-order valence-corrected chi connectivity index (χ2v) is 9.31. The highest BCUT2D eigenvalue weighted by Gasteiger charge is 2.51. The topological polar surface area (TPSA) is 94.8 Å². The van der Waals surface area contributed by atoms with Gasteiger partial charge in [-0.25, -0.2) is 0 Å². The monoisotopic (exact) mass is 492 g/mol. The second kappa shape index (κ2) is 7.87. The molecular weight excluding hydrogens is 482 g/mol. The summed E-state index contributed by atoms with van der Waals surface area (Å²) in [5, 5.41) is 19.4. The minimum absolute atomic E-state index is 0.0105. The molecule has 0 aliphatic rings. The van der Waals surface area contributed by atoms with Crippen molar-refractivity contribution in [2.45, 2.75) is 4.75 Å². The third-order valence-electron chi connectivity index (χ3n) is 4.34. The van der Waals surface area contributed by atoms with Gasteiger partial charge in [-0.2, -0.15) is 8.42 Å². The number of rotatable bonds is 4. The van der Waals surface area contributed by atoms with Crippen LogP contribution in [0.4, 0.5) is 0 Å². The summed E-state index contributed by atoms with van der Waals surface area (Å²) in [5.41, 5.74) is -0.393. The van der Waals surface area contributed by atoms with Gasteiger partial charge in [-0.1, -0.05) is 64.6 Å². The van der Waals surface area contributed by atoms with Crippen LogP contribution in [0.2, 0.25) is 20.1 Å². The van der Waals surface area contributed by atoms with E-state index in [4.69, 9.17) is 46.4 Å². The molecule has 152 valence electrons. The second-order valence-electron chi connectivity index (χ2n) is 6.12. The van der Waals surface area contributed by atoms with E-state index in [2.05, 4.69) is 0 Å². The van der Waals surface area contributed by atoms with Crippen molar-refractivity contribution in [2.24, 2.45) is 0 Å². The summed E-state index contributed by atoms with van der Waals surface area (Å²) in [6, 6.07) is 11.4. The minimum Gasteiger partial charge on any atom is -0.508 e. The number of hydrogen-bond acceptors (Lipinski definition) is 4. The molecule has 29 heavy (non-hydrogen) atoms. The predicted octanol–water partition coefficient (Wildman–Crippen LogP) is 5.89. The minimum atomic E-state index is -5.07. The van der Waals surface area contributed by atoms with Crippen molar-refractivity contribution >= 4 is 56.5 Å². The maximum absolute atomic E-state index is 13.0. The molecule has 3 rings (SSSR count). The van der Waals surface area contributed by atoms with Crippen LogP contribution >= 0.6 is 46.4 Å². The number of phenolic OH excluding ortho intramolecular Hbond substituents is 2. The maximum atomic E-state index is 13.0. The fourth-order valence-electron chi connectivity index (χ4n) is 3.21. The molecule has 0 aromatic heterocycles. The molecule has 0 heterocycles. The van der Waals surface area contributed by atoms with Gasteiger partial charge in [-0.3, -0.25) is 4.55 Å². The lowest BCUT2D eigenvalue weighted by atomic mass is 9.83. The van der Waals surface area contributed by atoms with Crippen LogP contribution in [-0.4, -0.2) is 23.2 Å². The third kappa shape index (κ3) is 3.77. The third-order valence-corrected chi connectivity index (χ3v) is 7.14. The lowest BCUT2D eigenvalue weighted by Crippen LogP contribution is -2.39. The molecule has 3 aromatic rings. The van der Waals surface area contributed by atoms with Crippen molar-refractivity contribution in [3.63, 3.8) is 0 Å². The first-order valence-corrected chi connectivity index (χ1v) is 10.8. The molecule has 1 atom stereocenters. The van der Waals surface area contributed by atoms with Gasteiger partial charge in [0.25, 0.3) is 10.1 Å². The Kier molecular flexibility index (Phi) is 5.98. The summed E-state index contributed by atoms with van der Waals surface area (Å²) < 4.78 is 34.1. The summed E-state index contributed by atoms with van der Waals surface area (Å²) >= 11 is 24.8. The normalized spacial score (nSPS) is 13.8. The summed E-state index contributed by atoms with van der Waals surface area (Å²) in [5.74, 6) is -0.617.